The monoisotopic (exact) mass is 234 g/mol. The van der Waals surface area contributed by atoms with Crippen molar-refractivity contribution in [1.82, 2.24) is 0 Å². The van der Waals surface area contributed by atoms with Crippen LogP contribution < -0.4 is 11.1 Å². The second-order valence-corrected chi connectivity index (χ2v) is 4.82. The molecular formula is C14H22N2O. The highest BCUT2D eigenvalue weighted by Gasteiger charge is 2.05. The molecule has 0 atom stereocenters. The maximum atomic E-state index is 11.3. The van der Waals surface area contributed by atoms with Gasteiger partial charge >= 0.3 is 0 Å². The zero-order valence-electron chi connectivity index (χ0n) is 10.9. The van der Waals surface area contributed by atoms with Gasteiger partial charge in [0, 0.05) is 23.5 Å². The topological polar surface area (TPSA) is 55.1 Å². The Morgan fingerprint density at radius 3 is 2.71 bits per heavy atom. The molecule has 1 rings (SSSR count). The molecule has 3 heteroatoms. The summed E-state index contributed by atoms with van der Waals surface area (Å²) in [6, 6.07) is 5.52. The number of nitrogens with one attached hydrogen (secondary N) is 1. The minimum atomic E-state index is 0.00771. The highest BCUT2D eigenvalue weighted by molar-refractivity contribution is 5.99. The molecule has 94 valence electrons. The lowest BCUT2D eigenvalue weighted by molar-refractivity contribution is 0.101. The van der Waals surface area contributed by atoms with Gasteiger partial charge in [0.05, 0.1) is 0 Å². The number of ketones is 1. The first kappa shape index (κ1) is 13.6. The molecule has 0 aromatic heterocycles. The Morgan fingerprint density at radius 1 is 1.41 bits per heavy atom. The van der Waals surface area contributed by atoms with E-state index in [1.807, 2.05) is 12.1 Å². The Bertz CT molecular complexity index is 386. The molecule has 0 spiro atoms. The quantitative estimate of drug-likeness (QED) is 0.451. The summed E-state index contributed by atoms with van der Waals surface area (Å²) in [6.07, 6.45) is 2.35. The van der Waals surface area contributed by atoms with Gasteiger partial charge in [0.25, 0.3) is 0 Å². The first-order valence-corrected chi connectivity index (χ1v) is 6.15. The van der Waals surface area contributed by atoms with Crippen molar-refractivity contribution in [2.45, 2.75) is 33.6 Å². The zero-order valence-corrected chi connectivity index (χ0v) is 10.9. The van der Waals surface area contributed by atoms with Gasteiger partial charge in [-0.15, -0.1) is 0 Å². The molecule has 1 aromatic carbocycles. The Balaban J connectivity index is 2.54. The van der Waals surface area contributed by atoms with Crippen LogP contribution in [0.2, 0.25) is 0 Å². The number of anilines is 2. The maximum absolute atomic E-state index is 11.3. The lowest BCUT2D eigenvalue weighted by Gasteiger charge is -2.10. The minimum absolute atomic E-state index is 0.00771. The van der Waals surface area contributed by atoms with Gasteiger partial charge in [-0.1, -0.05) is 13.8 Å². The molecule has 3 N–H and O–H groups in total. The Labute approximate surface area is 103 Å². The maximum Gasteiger partial charge on any atom is 0.161 e. The third-order valence-electron chi connectivity index (χ3n) is 2.72. The summed E-state index contributed by atoms with van der Waals surface area (Å²) in [4.78, 5) is 11.3. The summed E-state index contributed by atoms with van der Waals surface area (Å²) in [5.41, 5.74) is 7.84. The van der Waals surface area contributed by atoms with Gasteiger partial charge in [-0.25, -0.2) is 0 Å². The second-order valence-electron chi connectivity index (χ2n) is 4.82. The fourth-order valence-corrected chi connectivity index (χ4v) is 1.71. The molecule has 17 heavy (non-hydrogen) atoms. The van der Waals surface area contributed by atoms with E-state index in [2.05, 4.69) is 19.2 Å². The van der Waals surface area contributed by atoms with Crippen LogP contribution >= 0.6 is 0 Å². The van der Waals surface area contributed by atoms with Crippen LogP contribution in [0, 0.1) is 5.92 Å². The molecule has 0 aliphatic heterocycles. The molecule has 0 aliphatic carbocycles. The van der Waals surface area contributed by atoms with Gasteiger partial charge < -0.3 is 11.1 Å². The molecule has 0 bridgehead atoms. The van der Waals surface area contributed by atoms with Crippen molar-refractivity contribution in [3.63, 3.8) is 0 Å². The van der Waals surface area contributed by atoms with E-state index in [-0.39, 0.29) is 5.78 Å². The van der Waals surface area contributed by atoms with Crippen LogP contribution in [-0.2, 0) is 0 Å². The van der Waals surface area contributed by atoms with Crippen molar-refractivity contribution in [2.24, 2.45) is 5.92 Å². The smallest absolute Gasteiger partial charge is 0.161 e. The van der Waals surface area contributed by atoms with E-state index in [0.29, 0.717) is 11.3 Å². The molecule has 1 aromatic rings. The van der Waals surface area contributed by atoms with Crippen LogP contribution in [-0.4, -0.2) is 12.3 Å². The molecule has 0 radical (unpaired) electrons. The number of carbonyl (C=O) groups excluding carboxylic acids is 1. The number of hydrogen-bond acceptors (Lipinski definition) is 3. The lowest BCUT2D eigenvalue weighted by Crippen LogP contribution is -2.05. The van der Waals surface area contributed by atoms with E-state index in [4.69, 9.17) is 5.73 Å². The minimum Gasteiger partial charge on any atom is -0.398 e. The van der Waals surface area contributed by atoms with Gasteiger partial charge in [0.15, 0.2) is 5.78 Å². The van der Waals surface area contributed by atoms with Crippen LogP contribution in [0.5, 0.6) is 0 Å². The molecular weight excluding hydrogens is 212 g/mol. The van der Waals surface area contributed by atoms with E-state index < -0.39 is 0 Å². The number of rotatable bonds is 6. The highest BCUT2D eigenvalue weighted by Crippen LogP contribution is 2.18. The van der Waals surface area contributed by atoms with Crippen LogP contribution in [0.4, 0.5) is 11.4 Å². The van der Waals surface area contributed by atoms with E-state index in [0.717, 1.165) is 24.6 Å². The summed E-state index contributed by atoms with van der Waals surface area (Å²) in [5, 5.41) is 3.31. The zero-order chi connectivity index (χ0) is 12.8. The average molecular weight is 234 g/mol. The van der Waals surface area contributed by atoms with Crippen LogP contribution in [0.3, 0.4) is 0 Å². The van der Waals surface area contributed by atoms with Crippen LogP contribution in [0.1, 0.15) is 44.0 Å². The Hall–Kier alpha value is -1.51. The molecule has 3 nitrogen and oxygen atoms in total. The number of carbonyl (C=O) groups is 1. The fraction of sp³-hybridized carbons (Fsp3) is 0.500. The van der Waals surface area contributed by atoms with Gasteiger partial charge in [-0.2, -0.15) is 0 Å². The Morgan fingerprint density at radius 2 is 2.12 bits per heavy atom. The van der Waals surface area contributed by atoms with E-state index in [1.165, 1.54) is 13.3 Å². The summed E-state index contributed by atoms with van der Waals surface area (Å²) in [6.45, 7) is 6.90. The number of benzene rings is 1. The number of nitrogen functional groups attached to an aromatic ring is 1. The van der Waals surface area contributed by atoms with Crippen molar-refractivity contribution in [1.29, 1.82) is 0 Å². The van der Waals surface area contributed by atoms with Gasteiger partial charge in [0.1, 0.15) is 0 Å². The number of Topliss-reactive ketones (excluding diaryl/α,β-unsaturated/α-hetero) is 1. The number of nitrogens with two attached hydrogens (primary N) is 1. The largest absolute Gasteiger partial charge is 0.398 e. The first-order chi connectivity index (χ1) is 8.00. The van der Waals surface area contributed by atoms with Gasteiger partial charge in [-0.05, 0) is 43.9 Å². The Kier molecular flexibility index (Phi) is 5.01. The summed E-state index contributed by atoms with van der Waals surface area (Å²) < 4.78 is 0. The summed E-state index contributed by atoms with van der Waals surface area (Å²) in [7, 11) is 0. The molecule has 0 amide bonds. The third kappa shape index (κ3) is 4.47. The normalized spacial score (nSPS) is 10.6. The predicted molar refractivity (Wildman–Crippen MR) is 73.4 cm³/mol. The first-order valence-electron chi connectivity index (χ1n) is 6.15. The number of hydrogen-bond donors (Lipinski definition) is 2. The van der Waals surface area contributed by atoms with E-state index in [9.17, 15) is 4.79 Å². The van der Waals surface area contributed by atoms with E-state index >= 15 is 0 Å². The predicted octanol–water partition coefficient (Wildman–Crippen LogP) is 3.32. The molecule has 0 saturated heterocycles. The summed E-state index contributed by atoms with van der Waals surface area (Å²) >= 11 is 0. The average Bonchev–Trinajstić information content (AvgIpc) is 2.25. The molecule has 0 unspecified atom stereocenters. The van der Waals surface area contributed by atoms with Crippen molar-refractivity contribution >= 4 is 17.2 Å². The van der Waals surface area contributed by atoms with Crippen molar-refractivity contribution in [3.8, 4) is 0 Å². The molecule has 0 aliphatic rings. The van der Waals surface area contributed by atoms with Crippen molar-refractivity contribution in [3.05, 3.63) is 23.8 Å². The molecule has 0 saturated carbocycles. The standard InChI is InChI=1S/C14H22N2O/c1-10(2)5-4-8-16-12-6-7-14(15)13(9-12)11(3)17/h6-7,9-10,16H,4-5,8,15H2,1-3H3. The second kappa shape index (κ2) is 6.28. The lowest BCUT2D eigenvalue weighted by atomic mass is 10.1. The fourth-order valence-electron chi connectivity index (χ4n) is 1.71. The van der Waals surface area contributed by atoms with Crippen molar-refractivity contribution < 1.29 is 4.79 Å². The molecule has 0 fully saturated rings. The molecule has 0 heterocycles. The van der Waals surface area contributed by atoms with Crippen LogP contribution in [0.15, 0.2) is 18.2 Å². The van der Waals surface area contributed by atoms with E-state index in [1.54, 1.807) is 6.07 Å². The third-order valence-corrected chi connectivity index (χ3v) is 2.72. The SMILES string of the molecule is CC(=O)c1cc(NCCCC(C)C)ccc1N. The van der Waals surface area contributed by atoms with Gasteiger partial charge in [-0.3, -0.25) is 4.79 Å². The highest BCUT2D eigenvalue weighted by atomic mass is 16.1. The summed E-state index contributed by atoms with van der Waals surface area (Å²) in [5.74, 6) is 0.740. The van der Waals surface area contributed by atoms with Crippen LogP contribution in [0.25, 0.3) is 0 Å². The van der Waals surface area contributed by atoms with Crippen molar-refractivity contribution in [2.75, 3.05) is 17.6 Å². The van der Waals surface area contributed by atoms with Gasteiger partial charge in [0.2, 0.25) is 0 Å².